The van der Waals surface area contributed by atoms with E-state index in [1.807, 2.05) is 13.2 Å². The van der Waals surface area contributed by atoms with Crippen LogP contribution in [0.25, 0.3) is 0 Å². The molecule has 0 saturated heterocycles. The number of nitrogens with zero attached hydrogens (tertiary/aromatic N) is 5. The van der Waals surface area contributed by atoms with Crippen LogP contribution in [0.3, 0.4) is 0 Å². The van der Waals surface area contributed by atoms with Gasteiger partial charge in [-0.15, -0.1) is 10.2 Å². The molecule has 0 spiro atoms. The van der Waals surface area contributed by atoms with Crippen molar-refractivity contribution in [3.63, 3.8) is 0 Å². The van der Waals surface area contributed by atoms with Crippen molar-refractivity contribution in [2.75, 3.05) is 5.32 Å². The van der Waals surface area contributed by atoms with Crippen molar-refractivity contribution in [2.45, 2.75) is 26.7 Å². The first-order chi connectivity index (χ1) is 8.22. The smallest absolute Gasteiger partial charge is 0.247 e. The molecule has 0 unspecified atom stereocenters. The van der Waals surface area contributed by atoms with Crippen molar-refractivity contribution < 1.29 is 0 Å². The molecule has 0 radical (unpaired) electrons. The minimum absolute atomic E-state index is 0.520. The number of anilines is 2. The predicted molar refractivity (Wildman–Crippen MR) is 65.1 cm³/mol. The quantitative estimate of drug-likeness (QED) is 0.864. The summed E-state index contributed by atoms with van der Waals surface area (Å²) >= 11 is 0. The second-order valence-corrected chi connectivity index (χ2v) is 3.76. The predicted octanol–water partition coefficient (Wildman–Crippen LogP) is 1.47. The zero-order chi connectivity index (χ0) is 12.3. The third-order valence-corrected chi connectivity index (χ3v) is 2.47. The van der Waals surface area contributed by atoms with Crippen LogP contribution in [0.2, 0.25) is 0 Å². The Morgan fingerprint density at radius 1 is 1.18 bits per heavy atom. The fourth-order valence-electron chi connectivity index (χ4n) is 1.61. The SMILES string of the molecule is CCc1nnc(Nc2cnn(C)c2)nc1CC. The van der Waals surface area contributed by atoms with Crippen LogP contribution < -0.4 is 5.32 Å². The van der Waals surface area contributed by atoms with E-state index in [1.165, 1.54) is 0 Å². The van der Waals surface area contributed by atoms with E-state index in [2.05, 4.69) is 39.4 Å². The molecule has 0 atom stereocenters. The molecule has 2 heterocycles. The molecule has 0 aliphatic carbocycles. The largest absolute Gasteiger partial charge is 0.320 e. The van der Waals surface area contributed by atoms with E-state index in [4.69, 9.17) is 0 Å². The molecule has 2 rings (SSSR count). The summed E-state index contributed by atoms with van der Waals surface area (Å²) in [5.41, 5.74) is 2.82. The third-order valence-electron chi connectivity index (χ3n) is 2.47. The molecule has 17 heavy (non-hydrogen) atoms. The van der Waals surface area contributed by atoms with Crippen molar-refractivity contribution >= 4 is 11.6 Å². The molecule has 0 amide bonds. The van der Waals surface area contributed by atoms with Gasteiger partial charge >= 0.3 is 0 Å². The van der Waals surface area contributed by atoms with Gasteiger partial charge in [0.05, 0.1) is 23.3 Å². The monoisotopic (exact) mass is 232 g/mol. The maximum atomic E-state index is 4.44. The summed E-state index contributed by atoms with van der Waals surface area (Å²) < 4.78 is 1.72. The van der Waals surface area contributed by atoms with Crippen LogP contribution in [0.15, 0.2) is 12.4 Å². The molecular weight excluding hydrogens is 216 g/mol. The zero-order valence-electron chi connectivity index (χ0n) is 10.3. The second kappa shape index (κ2) is 4.90. The molecule has 0 saturated carbocycles. The van der Waals surface area contributed by atoms with Crippen LogP contribution >= 0.6 is 0 Å². The maximum Gasteiger partial charge on any atom is 0.247 e. The standard InChI is InChI=1S/C11H16N6/c1-4-9-10(5-2)15-16-11(14-9)13-8-6-12-17(3)7-8/h6-7H,4-5H2,1-3H3,(H,13,14,16). The molecule has 0 aliphatic rings. The summed E-state index contributed by atoms with van der Waals surface area (Å²) in [6, 6.07) is 0. The molecule has 0 fully saturated rings. The van der Waals surface area contributed by atoms with Crippen molar-refractivity contribution in [1.82, 2.24) is 25.0 Å². The fraction of sp³-hybridized carbons (Fsp3) is 0.455. The van der Waals surface area contributed by atoms with Crippen LogP contribution in [0.4, 0.5) is 11.6 Å². The number of hydrogen-bond acceptors (Lipinski definition) is 5. The van der Waals surface area contributed by atoms with Gasteiger partial charge in [0.1, 0.15) is 0 Å². The number of aryl methyl sites for hydroxylation is 3. The van der Waals surface area contributed by atoms with E-state index in [-0.39, 0.29) is 0 Å². The van der Waals surface area contributed by atoms with Gasteiger partial charge in [-0.05, 0) is 12.8 Å². The van der Waals surface area contributed by atoms with Gasteiger partial charge in [-0.3, -0.25) is 4.68 Å². The maximum absolute atomic E-state index is 4.44. The Balaban J connectivity index is 2.22. The van der Waals surface area contributed by atoms with Gasteiger partial charge in [-0.25, -0.2) is 4.98 Å². The molecule has 0 bridgehead atoms. The molecule has 6 nitrogen and oxygen atoms in total. The van der Waals surface area contributed by atoms with Crippen LogP contribution in [0.5, 0.6) is 0 Å². The number of aromatic nitrogens is 5. The van der Waals surface area contributed by atoms with Gasteiger partial charge in [0.15, 0.2) is 0 Å². The van der Waals surface area contributed by atoms with Crippen LogP contribution in [0, 0.1) is 0 Å². The van der Waals surface area contributed by atoms with Gasteiger partial charge in [-0.1, -0.05) is 13.8 Å². The Bertz CT molecular complexity index is 504. The average Bonchev–Trinajstić information content (AvgIpc) is 2.74. The third kappa shape index (κ3) is 2.58. The van der Waals surface area contributed by atoms with E-state index < -0.39 is 0 Å². The Morgan fingerprint density at radius 3 is 2.53 bits per heavy atom. The van der Waals surface area contributed by atoms with Gasteiger partial charge in [0, 0.05) is 13.2 Å². The van der Waals surface area contributed by atoms with E-state index in [0.717, 1.165) is 29.9 Å². The van der Waals surface area contributed by atoms with Crippen LogP contribution in [-0.4, -0.2) is 25.0 Å². The Labute approximate surface area is 100 Å². The van der Waals surface area contributed by atoms with Gasteiger partial charge in [-0.2, -0.15) is 5.10 Å². The van der Waals surface area contributed by atoms with Crippen molar-refractivity contribution in [3.05, 3.63) is 23.8 Å². The Kier molecular flexibility index (Phi) is 3.32. The van der Waals surface area contributed by atoms with Gasteiger partial charge in [0.2, 0.25) is 5.95 Å². The average molecular weight is 232 g/mol. The van der Waals surface area contributed by atoms with E-state index in [9.17, 15) is 0 Å². The van der Waals surface area contributed by atoms with Gasteiger partial charge < -0.3 is 5.32 Å². The summed E-state index contributed by atoms with van der Waals surface area (Å²) in [5.74, 6) is 0.520. The zero-order valence-corrected chi connectivity index (χ0v) is 10.3. The summed E-state index contributed by atoms with van der Waals surface area (Å²) in [4.78, 5) is 4.44. The van der Waals surface area contributed by atoms with Gasteiger partial charge in [0.25, 0.3) is 0 Å². The fourth-order valence-corrected chi connectivity index (χ4v) is 1.61. The van der Waals surface area contributed by atoms with Crippen LogP contribution in [0.1, 0.15) is 25.2 Å². The number of nitrogens with one attached hydrogen (secondary N) is 1. The van der Waals surface area contributed by atoms with E-state index in [1.54, 1.807) is 10.9 Å². The first-order valence-electron chi connectivity index (χ1n) is 5.71. The second-order valence-electron chi connectivity index (χ2n) is 3.76. The summed E-state index contributed by atoms with van der Waals surface area (Å²) in [5, 5.41) is 15.4. The lowest BCUT2D eigenvalue weighted by Gasteiger charge is -2.05. The highest BCUT2D eigenvalue weighted by Gasteiger charge is 2.06. The minimum atomic E-state index is 0.520. The minimum Gasteiger partial charge on any atom is -0.320 e. The molecule has 1 N–H and O–H groups in total. The first kappa shape index (κ1) is 11.5. The summed E-state index contributed by atoms with van der Waals surface area (Å²) in [6.07, 6.45) is 5.31. The Hall–Kier alpha value is -1.98. The first-order valence-corrected chi connectivity index (χ1v) is 5.71. The normalized spacial score (nSPS) is 10.5. The molecule has 90 valence electrons. The molecule has 0 aliphatic heterocycles. The summed E-state index contributed by atoms with van der Waals surface area (Å²) in [6.45, 7) is 4.12. The summed E-state index contributed by atoms with van der Waals surface area (Å²) in [7, 11) is 1.86. The van der Waals surface area contributed by atoms with Crippen LogP contribution in [-0.2, 0) is 19.9 Å². The van der Waals surface area contributed by atoms with Crippen molar-refractivity contribution in [2.24, 2.45) is 7.05 Å². The molecule has 2 aromatic rings. The van der Waals surface area contributed by atoms with E-state index >= 15 is 0 Å². The molecule has 2 aromatic heterocycles. The topological polar surface area (TPSA) is 68.5 Å². The van der Waals surface area contributed by atoms with Crippen molar-refractivity contribution in [3.8, 4) is 0 Å². The highest BCUT2D eigenvalue weighted by molar-refractivity contribution is 5.49. The lowest BCUT2D eigenvalue weighted by atomic mass is 10.2. The van der Waals surface area contributed by atoms with E-state index in [0.29, 0.717) is 5.95 Å². The lowest BCUT2D eigenvalue weighted by Crippen LogP contribution is -2.06. The lowest BCUT2D eigenvalue weighted by molar-refractivity contribution is 0.768. The molecular formula is C11H16N6. The molecule has 6 heteroatoms. The highest BCUT2D eigenvalue weighted by Crippen LogP contribution is 2.12. The number of rotatable bonds is 4. The highest BCUT2D eigenvalue weighted by atomic mass is 15.3. The molecule has 0 aromatic carbocycles. The van der Waals surface area contributed by atoms with Crippen molar-refractivity contribution in [1.29, 1.82) is 0 Å². The number of hydrogen-bond donors (Lipinski definition) is 1. The Morgan fingerprint density at radius 2 is 1.94 bits per heavy atom.